The SMILES string of the molecule is CC(=O)OOC(=O)C(C)O.CCOc1ccc2c(c1)C(N)c1ccc(N)cc1N2.O. The molecule has 1 aliphatic heterocycles. The number of aliphatic hydroxyl groups is 1. The standard InChI is InChI=1S/C15H17N3O.C5H8O5.H2O/c1-2-19-10-4-6-13-12(8-10)15(17)11-5-3-9(16)7-14(11)18-13;1-3(6)5(8)10-9-4(2)7;/h3-8,15,18H,2,16-17H2,1H3;3,6H,1-2H3;1H2. The van der Waals surface area contributed by atoms with Crippen LogP contribution in [0.15, 0.2) is 36.4 Å². The predicted octanol–water partition coefficient (Wildman–Crippen LogP) is 1.34. The smallest absolute Gasteiger partial charge is 0.383 e. The van der Waals surface area contributed by atoms with Gasteiger partial charge in [-0.3, -0.25) is 0 Å². The number of benzene rings is 2. The Labute approximate surface area is 174 Å². The van der Waals surface area contributed by atoms with Crippen LogP contribution in [0.5, 0.6) is 5.75 Å². The molecule has 0 aromatic heterocycles. The van der Waals surface area contributed by atoms with Crippen molar-refractivity contribution < 1.29 is 34.7 Å². The molecule has 2 aromatic rings. The average Bonchev–Trinajstić information content (AvgIpc) is 2.67. The van der Waals surface area contributed by atoms with Crippen molar-refractivity contribution >= 4 is 29.0 Å². The summed E-state index contributed by atoms with van der Waals surface area (Å²) >= 11 is 0. The summed E-state index contributed by atoms with van der Waals surface area (Å²) in [6, 6.07) is 11.5. The molecular weight excluding hydrogens is 394 g/mol. The highest BCUT2D eigenvalue weighted by molar-refractivity contribution is 5.76. The van der Waals surface area contributed by atoms with Gasteiger partial charge in [-0.1, -0.05) is 6.07 Å². The lowest BCUT2D eigenvalue weighted by atomic mass is 9.92. The zero-order valence-corrected chi connectivity index (χ0v) is 17.0. The molecule has 0 saturated carbocycles. The first-order valence-corrected chi connectivity index (χ1v) is 8.98. The Morgan fingerprint density at radius 3 is 2.43 bits per heavy atom. The maximum Gasteiger partial charge on any atom is 0.383 e. The number of carbonyl (C=O) groups excluding carboxylic acids is 2. The zero-order valence-electron chi connectivity index (χ0n) is 17.0. The van der Waals surface area contributed by atoms with Gasteiger partial charge < -0.3 is 32.1 Å². The number of nitrogen functional groups attached to an aromatic ring is 1. The van der Waals surface area contributed by atoms with Gasteiger partial charge >= 0.3 is 11.9 Å². The third-order valence-electron chi connectivity index (χ3n) is 3.93. The lowest BCUT2D eigenvalue weighted by Gasteiger charge is -2.27. The molecule has 2 aromatic carbocycles. The van der Waals surface area contributed by atoms with Crippen molar-refractivity contribution in [1.29, 1.82) is 0 Å². The number of fused-ring (bicyclic) bond motifs is 2. The van der Waals surface area contributed by atoms with Crippen LogP contribution in [0.2, 0.25) is 0 Å². The van der Waals surface area contributed by atoms with E-state index in [-0.39, 0.29) is 11.5 Å². The first kappa shape index (κ1) is 24.7. The number of ether oxygens (including phenoxy) is 1. The molecule has 1 aliphatic rings. The number of carbonyl (C=O) groups is 2. The Balaban J connectivity index is 0.000000354. The van der Waals surface area contributed by atoms with Crippen molar-refractivity contribution in [2.45, 2.75) is 32.9 Å². The van der Waals surface area contributed by atoms with Crippen LogP contribution in [0.1, 0.15) is 37.9 Å². The van der Waals surface area contributed by atoms with Crippen molar-refractivity contribution in [3.8, 4) is 5.75 Å². The lowest BCUT2D eigenvalue weighted by molar-refractivity contribution is -0.262. The summed E-state index contributed by atoms with van der Waals surface area (Å²) in [6.45, 7) is 4.89. The van der Waals surface area contributed by atoms with Crippen molar-refractivity contribution in [3.05, 3.63) is 47.5 Å². The molecule has 3 rings (SSSR count). The first-order valence-electron chi connectivity index (χ1n) is 8.98. The highest BCUT2D eigenvalue weighted by atomic mass is 17.2. The molecule has 164 valence electrons. The van der Waals surface area contributed by atoms with Gasteiger partial charge in [-0.15, -0.1) is 0 Å². The van der Waals surface area contributed by atoms with Gasteiger partial charge in [0.2, 0.25) is 0 Å². The average molecular weight is 421 g/mol. The number of hydrogen-bond donors (Lipinski definition) is 4. The van der Waals surface area contributed by atoms with Crippen LogP contribution in [0.3, 0.4) is 0 Å². The molecule has 0 fully saturated rings. The minimum Gasteiger partial charge on any atom is -0.494 e. The molecule has 0 spiro atoms. The van der Waals surface area contributed by atoms with Crippen molar-refractivity contribution in [2.24, 2.45) is 5.73 Å². The molecule has 0 radical (unpaired) electrons. The van der Waals surface area contributed by atoms with E-state index in [1.807, 2.05) is 43.3 Å². The van der Waals surface area contributed by atoms with Crippen molar-refractivity contribution in [3.63, 3.8) is 0 Å². The summed E-state index contributed by atoms with van der Waals surface area (Å²) in [5, 5.41) is 11.8. The van der Waals surface area contributed by atoms with Gasteiger partial charge in [-0.05, 0) is 49.7 Å². The van der Waals surface area contributed by atoms with E-state index >= 15 is 0 Å². The number of nitrogens with one attached hydrogen (secondary N) is 1. The van der Waals surface area contributed by atoms with E-state index in [9.17, 15) is 9.59 Å². The Hall–Kier alpha value is -3.34. The molecule has 10 heteroatoms. The van der Waals surface area contributed by atoms with Gasteiger partial charge in [-0.2, -0.15) is 0 Å². The molecule has 0 aliphatic carbocycles. The number of aliphatic hydroxyl groups excluding tert-OH is 1. The summed E-state index contributed by atoms with van der Waals surface area (Å²) < 4.78 is 5.52. The molecule has 0 bridgehead atoms. The van der Waals surface area contributed by atoms with E-state index in [4.69, 9.17) is 21.3 Å². The second-order valence-corrected chi connectivity index (χ2v) is 6.28. The van der Waals surface area contributed by atoms with E-state index in [0.29, 0.717) is 6.61 Å². The number of rotatable bonds is 3. The van der Waals surface area contributed by atoms with Crippen molar-refractivity contribution in [2.75, 3.05) is 17.7 Å². The van der Waals surface area contributed by atoms with E-state index < -0.39 is 18.0 Å². The predicted molar refractivity (Wildman–Crippen MR) is 111 cm³/mol. The Morgan fingerprint density at radius 2 is 1.83 bits per heavy atom. The number of hydrogen-bond acceptors (Lipinski definition) is 9. The summed E-state index contributed by atoms with van der Waals surface area (Å²) in [4.78, 5) is 27.9. The Morgan fingerprint density at radius 1 is 1.13 bits per heavy atom. The Bertz CT molecular complexity index is 887. The molecule has 1 heterocycles. The maximum absolute atomic E-state index is 10.3. The number of nitrogens with two attached hydrogens (primary N) is 2. The highest BCUT2D eigenvalue weighted by Crippen LogP contribution is 2.40. The highest BCUT2D eigenvalue weighted by Gasteiger charge is 2.23. The summed E-state index contributed by atoms with van der Waals surface area (Å²) in [7, 11) is 0. The summed E-state index contributed by atoms with van der Waals surface area (Å²) in [6.07, 6.45) is -1.28. The molecule has 2 unspecified atom stereocenters. The Kier molecular flexibility index (Phi) is 9.06. The van der Waals surface area contributed by atoms with E-state index in [1.54, 1.807) is 0 Å². The third-order valence-corrected chi connectivity index (χ3v) is 3.93. The summed E-state index contributed by atoms with van der Waals surface area (Å²) in [5.74, 6) is -0.887. The number of anilines is 3. The van der Waals surface area contributed by atoms with E-state index in [1.165, 1.54) is 6.92 Å². The normalized spacial score (nSPS) is 14.2. The minimum absolute atomic E-state index is 0. The molecule has 30 heavy (non-hydrogen) atoms. The van der Waals surface area contributed by atoms with Gasteiger partial charge in [0.1, 0.15) is 5.75 Å². The second-order valence-electron chi connectivity index (χ2n) is 6.28. The van der Waals surface area contributed by atoms with Crippen LogP contribution in [0, 0.1) is 0 Å². The fourth-order valence-electron chi connectivity index (χ4n) is 2.60. The molecule has 10 nitrogen and oxygen atoms in total. The van der Waals surface area contributed by atoms with Gasteiger partial charge in [0, 0.05) is 29.5 Å². The minimum atomic E-state index is -1.28. The quantitative estimate of drug-likeness (QED) is 0.323. The van der Waals surface area contributed by atoms with Gasteiger partial charge in [-0.25, -0.2) is 19.4 Å². The van der Waals surface area contributed by atoms with Gasteiger partial charge in [0.25, 0.3) is 0 Å². The first-order chi connectivity index (χ1) is 13.7. The fraction of sp³-hybridized carbons (Fsp3) is 0.300. The largest absolute Gasteiger partial charge is 0.494 e. The molecule has 2 atom stereocenters. The molecule has 8 N–H and O–H groups in total. The zero-order chi connectivity index (χ0) is 21.6. The van der Waals surface area contributed by atoms with Crippen LogP contribution < -0.4 is 21.5 Å². The molecule has 0 amide bonds. The van der Waals surface area contributed by atoms with Gasteiger partial charge in [0.15, 0.2) is 6.10 Å². The molecule has 0 saturated heterocycles. The van der Waals surface area contributed by atoms with Crippen molar-refractivity contribution in [1.82, 2.24) is 0 Å². The van der Waals surface area contributed by atoms with E-state index in [2.05, 4.69) is 15.1 Å². The fourth-order valence-corrected chi connectivity index (χ4v) is 2.60. The monoisotopic (exact) mass is 421 g/mol. The van der Waals surface area contributed by atoms with Crippen LogP contribution in [-0.2, 0) is 19.4 Å². The second kappa shape index (κ2) is 11.0. The topological polar surface area (TPSA) is 178 Å². The van der Waals surface area contributed by atoms with Crippen LogP contribution in [0.25, 0.3) is 0 Å². The van der Waals surface area contributed by atoms with E-state index in [0.717, 1.165) is 40.9 Å². The van der Waals surface area contributed by atoms with Crippen LogP contribution >= 0.6 is 0 Å². The van der Waals surface area contributed by atoms with Crippen LogP contribution in [-0.4, -0.2) is 35.2 Å². The lowest BCUT2D eigenvalue weighted by Crippen LogP contribution is -2.20. The summed E-state index contributed by atoms with van der Waals surface area (Å²) in [5.41, 5.74) is 17.0. The maximum atomic E-state index is 10.3. The third kappa shape index (κ3) is 6.34. The molecular formula is C20H27N3O7. The van der Waals surface area contributed by atoms with Crippen LogP contribution in [0.4, 0.5) is 17.1 Å². The van der Waals surface area contributed by atoms with Gasteiger partial charge in [0.05, 0.1) is 12.6 Å².